The normalized spacial score (nSPS) is 18.0. The van der Waals surface area contributed by atoms with Gasteiger partial charge in [0.25, 0.3) is 0 Å². The molecule has 7 nitrogen and oxygen atoms in total. The molecule has 1 aliphatic heterocycles. The molecule has 3 aromatic rings. The molecule has 2 aromatic heterocycles. The molecule has 0 bridgehead atoms. The number of ether oxygens (including phenoxy) is 1. The highest BCUT2D eigenvalue weighted by Gasteiger charge is 2.26. The Kier molecular flexibility index (Phi) is 5.13. The Labute approximate surface area is 163 Å². The van der Waals surface area contributed by atoms with Crippen LogP contribution in [0.3, 0.4) is 0 Å². The summed E-state index contributed by atoms with van der Waals surface area (Å²) < 4.78 is 21.0. The molecule has 3 heterocycles. The molecule has 0 saturated carbocycles. The summed E-state index contributed by atoms with van der Waals surface area (Å²) >= 11 is 0. The molecule has 148 valence electrons. The van der Waals surface area contributed by atoms with Crippen LogP contribution in [-0.2, 0) is 13.1 Å². The highest BCUT2D eigenvalue weighted by atomic mass is 19.1. The van der Waals surface area contributed by atoms with Gasteiger partial charge in [-0.1, -0.05) is 6.07 Å². The lowest BCUT2D eigenvalue weighted by atomic mass is 10.1. The van der Waals surface area contributed by atoms with E-state index in [9.17, 15) is 4.39 Å². The minimum atomic E-state index is -0.318. The van der Waals surface area contributed by atoms with Crippen LogP contribution in [0, 0.1) is 5.82 Å². The van der Waals surface area contributed by atoms with Crippen molar-refractivity contribution in [2.75, 3.05) is 31.6 Å². The predicted octanol–water partition coefficient (Wildman–Crippen LogP) is 2.70. The van der Waals surface area contributed by atoms with E-state index < -0.39 is 0 Å². The third-order valence-corrected chi connectivity index (χ3v) is 5.39. The molecule has 28 heavy (non-hydrogen) atoms. The fourth-order valence-corrected chi connectivity index (χ4v) is 3.80. The van der Waals surface area contributed by atoms with Crippen LogP contribution in [0.15, 0.2) is 30.9 Å². The zero-order chi connectivity index (χ0) is 19.7. The van der Waals surface area contributed by atoms with Crippen LogP contribution in [0.2, 0.25) is 0 Å². The van der Waals surface area contributed by atoms with E-state index in [0.717, 1.165) is 48.7 Å². The average Bonchev–Trinajstić information content (AvgIpc) is 3.13. The molecule has 0 spiro atoms. The summed E-state index contributed by atoms with van der Waals surface area (Å²) in [6.07, 6.45) is 3.43. The van der Waals surface area contributed by atoms with Gasteiger partial charge >= 0.3 is 0 Å². The minimum absolute atomic E-state index is 0.279. The van der Waals surface area contributed by atoms with Crippen molar-refractivity contribution < 1.29 is 9.13 Å². The summed E-state index contributed by atoms with van der Waals surface area (Å²) in [7, 11) is 1.48. The summed E-state index contributed by atoms with van der Waals surface area (Å²) in [6, 6.07) is 5.47. The number of anilines is 1. The first-order chi connectivity index (χ1) is 13.6. The lowest BCUT2D eigenvalue weighted by Crippen LogP contribution is -2.51. The van der Waals surface area contributed by atoms with Crippen LogP contribution < -0.4 is 9.64 Å². The monoisotopic (exact) mass is 384 g/mol. The largest absolute Gasteiger partial charge is 0.494 e. The molecule has 1 unspecified atom stereocenters. The molecule has 8 heteroatoms. The summed E-state index contributed by atoms with van der Waals surface area (Å²) in [6.45, 7) is 8.35. The second kappa shape index (κ2) is 7.71. The van der Waals surface area contributed by atoms with Crippen LogP contribution in [0.25, 0.3) is 11.2 Å². The van der Waals surface area contributed by atoms with Crippen LogP contribution in [0.4, 0.5) is 10.2 Å². The number of aromatic nitrogens is 4. The molecular formula is C20H25FN6O. The first kappa shape index (κ1) is 18.6. The summed E-state index contributed by atoms with van der Waals surface area (Å²) in [5, 5.41) is 0. The highest BCUT2D eigenvalue weighted by molar-refractivity contribution is 5.83. The van der Waals surface area contributed by atoms with Gasteiger partial charge in [-0.15, -0.1) is 0 Å². The van der Waals surface area contributed by atoms with E-state index in [1.54, 1.807) is 18.5 Å². The Morgan fingerprint density at radius 3 is 2.79 bits per heavy atom. The van der Waals surface area contributed by atoms with E-state index in [4.69, 9.17) is 4.74 Å². The second-order valence-electron chi connectivity index (χ2n) is 7.13. The average molecular weight is 384 g/mol. The Morgan fingerprint density at radius 1 is 1.21 bits per heavy atom. The van der Waals surface area contributed by atoms with Crippen molar-refractivity contribution in [3.05, 3.63) is 42.2 Å². The Morgan fingerprint density at radius 2 is 2.07 bits per heavy atom. The summed E-state index contributed by atoms with van der Waals surface area (Å²) in [4.78, 5) is 18.1. The number of methoxy groups -OCH3 is 1. The first-order valence-corrected chi connectivity index (χ1v) is 9.58. The molecule has 1 aliphatic rings. The molecule has 0 amide bonds. The lowest BCUT2D eigenvalue weighted by molar-refractivity contribution is 0.180. The van der Waals surface area contributed by atoms with Crippen LogP contribution >= 0.6 is 0 Å². The molecule has 1 saturated heterocycles. The van der Waals surface area contributed by atoms with Gasteiger partial charge in [0, 0.05) is 38.8 Å². The number of benzene rings is 1. The van der Waals surface area contributed by atoms with Crippen molar-refractivity contribution in [3.63, 3.8) is 0 Å². The predicted molar refractivity (Wildman–Crippen MR) is 106 cm³/mol. The lowest BCUT2D eigenvalue weighted by Gasteiger charge is -2.40. The fourth-order valence-electron chi connectivity index (χ4n) is 3.80. The van der Waals surface area contributed by atoms with E-state index in [2.05, 4.69) is 38.6 Å². The first-order valence-electron chi connectivity index (χ1n) is 9.58. The van der Waals surface area contributed by atoms with E-state index in [1.807, 2.05) is 17.0 Å². The van der Waals surface area contributed by atoms with Crippen LogP contribution in [0.1, 0.15) is 19.4 Å². The smallest absolute Gasteiger partial charge is 0.165 e. The summed E-state index contributed by atoms with van der Waals surface area (Å²) in [5.41, 5.74) is 2.67. The molecule has 0 N–H and O–H groups in total. The van der Waals surface area contributed by atoms with Gasteiger partial charge in [-0.25, -0.2) is 19.3 Å². The Hall–Kier alpha value is -2.74. The molecule has 4 rings (SSSR count). The third kappa shape index (κ3) is 3.40. The van der Waals surface area contributed by atoms with Crippen molar-refractivity contribution in [2.24, 2.45) is 0 Å². The number of hydrogen-bond acceptors (Lipinski definition) is 6. The molecular weight excluding hydrogens is 359 g/mol. The number of imidazole rings is 1. The number of piperazine rings is 1. The standard InChI is InChI=1S/C20H25FN6O/c1-4-25-13-24-18-19(25)22-12-23-20(18)27-8-7-26(14(2)10-27)11-15-5-6-17(28-3)16(21)9-15/h5-6,9,12-14H,4,7-8,10-11H2,1-3H3. The maximum absolute atomic E-state index is 14.0. The van der Waals surface area contributed by atoms with Gasteiger partial charge < -0.3 is 14.2 Å². The van der Waals surface area contributed by atoms with Gasteiger partial charge in [0.1, 0.15) is 6.33 Å². The quantitative estimate of drug-likeness (QED) is 0.674. The van der Waals surface area contributed by atoms with Gasteiger partial charge in [0.15, 0.2) is 28.5 Å². The molecule has 1 aromatic carbocycles. The fraction of sp³-hybridized carbons (Fsp3) is 0.450. The van der Waals surface area contributed by atoms with Crippen LogP contribution in [0.5, 0.6) is 5.75 Å². The van der Waals surface area contributed by atoms with Gasteiger partial charge in [0.2, 0.25) is 0 Å². The number of aryl methyl sites for hydroxylation is 1. The van der Waals surface area contributed by atoms with Gasteiger partial charge in [-0.05, 0) is 31.5 Å². The number of nitrogens with zero attached hydrogens (tertiary/aromatic N) is 6. The third-order valence-electron chi connectivity index (χ3n) is 5.39. The summed E-state index contributed by atoms with van der Waals surface area (Å²) in [5.74, 6) is 0.848. The number of fused-ring (bicyclic) bond motifs is 1. The molecule has 1 fully saturated rings. The Balaban J connectivity index is 1.48. The molecule has 0 aliphatic carbocycles. The van der Waals surface area contributed by atoms with Crippen molar-refractivity contribution in [3.8, 4) is 5.75 Å². The Bertz CT molecular complexity index is 974. The zero-order valence-corrected chi connectivity index (χ0v) is 16.5. The van der Waals surface area contributed by atoms with E-state index >= 15 is 0 Å². The van der Waals surface area contributed by atoms with E-state index in [-0.39, 0.29) is 11.6 Å². The van der Waals surface area contributed by atoms with E-state index in [1.165, 1.54) is 7.11 Å². The molecule has 0 radical (unpaired) electrons. The molecule has 1 atom stereocenters. The second-order valence-corrected chi connectivity index (χ2v) is 7.13. The SMILES string of the molecule is CCn1cnc2c(N3CCN(Cc4ccc(OC)c(F)c4)C(C)C3)ncnc21. The van der Waals surface area contributed by atoms with Crippen LogP contribution in [-0.4, -0.2) is 57.2 Å². The number of halogens is 1. The van der Waals surface area contributed by atoms with E-state index in [0.29, 0.717) is 12.6 Å². The van der Waals surface area contributed by atoms with Gasteiger partial charge in [-0.2, -0.15) is 0 Å². The van der Waals surface area contributed by atoms with Gasteiger partial charge in [-0.3, -0.25) is 4.90 Å². The van der Waals surface area contributed by atoms with Crippen molar-refractivity contribution in [2.45, 2.75) is 33.0 Å². The number of hydrogen-bond donors (Lipinski definition) is 0. The van der Waals surface area contributed by atoms with Crippen molar-refractivity contribution in [1.29, 1.82) is 0 Å². The van der Waals surface area contributed by atoms with Crippen molar-refractivity contribution in [1.82, 2.24) is 24.4 Å². The minimum Gasteiger partial charge on any atom is -0.494 e. The zero-order valence-electron chi connectivity index (χ0n) is 16.5. The van der Waals surface area contributed by atoms with Gasteiger partial charge in [0.05, 0.1) is 13.4 Å². The highest BCUT2D eigenvalue weighted by Crippen LogP contribution is 2.25. The van der Waals surface area contributed by atoms with Crippen molar-refractivity contribution >= 4 is 17.0 Å². The maximum atomic E-state index is 14.0. The maximum Gasteiger partial charge on any atom is 0.165 e. The number of rotatable bonds is 5. The topological polar surface area (TPSA) is 59.3 Å².